The summed E-state index contributed by atoms with van der Waals surface area (Å²) in [5.74, 6) is -0.468. The molecule has 132 valence electrons. The van der Waals surface area contributed by atoms with E-state index in [1.165, 1.54) is 28.0 Å². The number of carbonyl (C=O) groups excluding carboxylic acids is 2. The number of nitrogens with zero attached hydrogens (tertiary/aromatic N) is 2. The Labute approximate surface area is 159 Å². The number of hydrogen-bond acceptors (Lipinski definition) is 6. The van der Waals surface area contributed by atoms with E-state index >= 15 is 0 Å². The third-order valence-corrected chi connectivity index (χ3v) is 7.17. The topological polar surface area (TPSA) is 87.2 Å². The maximum absolute atomic E-state index is 12.9. The van der Waals surface area contributed by atoms with Crippen molar-refractivity contribution >= 4 is 45.6 Å². The molecule has 1 aliphatic carbocycles. The van der Waals surface area contributed by atoms with Gasteiger partial charge in [0.1, 0.15) is 11.1 Å². The van der Waals surface area contributed by atoms with Crippen molar-refractivity contribution in [2.24, 2.45) is 0 Å². The second-order valence-corrected chi connectivity index (χ2v) is 8.81. The Bertz CT molecular complexity index is 945. The van der Waals surface area contributed by atoms with Gasteiger partial charge in [0.2, 0.25) is 11.8 Å². The summed E-state index contributed by atoms with van der Waals surface area (Å²) >= 11 is 2.79. The van der Waals surface area contributed by atoms with Gasteiger partial charge in [0.05, 0.1) is 10.8 Å². The SMILES string of the molecule is N#Cc1c(N2C(=O)CC(Sc3cccc(N)c3)C2=O)sc2c1CCCC2. The molecule has 2 aromatic rings. The number of nitrogens with two attached hydrogens (primary N) is 1. The van der Waals surface area contributed by atoms with E-state index < -0.39 is 5.25 Å². The largest absolute Gasteiger partial charge is 0.399 e. The van der Waals surface area contributed by atoms with E-state index in [2.05, 4.69) is 6.07 Å². The summed E-state index contributed by atoms with van der Waals surface area (Å²) in [5.41, 5.74) is 7.97. The molecular formula is C19H17N3O2S2. The fourth-order valence-electron chi connectivity index (χ4n) is 3.49. The van der Waals surface area contributed by atoms with Crippen molar-refractivity contribution in [3.05, 3.63) is 40.3 Å². The van der Waals surface area contributed by atoms with Crippen LogP contribution < -0.4 is 10.6 Å². The lowest BCUT2D eigenvalue weighted by atomic mass is 9.96. The molecule has 5 nitrogen and oxygen atoms in total. The number of anilines is 2. The van der Waals surface area contributed by atoms with E-state index in [9.17, 15) is 14.9 Å². The second-order valence-electron chi connectivity index (χ2n) is 6.45. The highest BCUT2D eigenvalue weighted by Crippen LogP contribution is 2.43. The molecular weight excluding hydrogens is 366 g/mol. The Morgan fingerprint density at radius 1 is 1.27 bits per heavy atom. The van der Waals surface area contributed by atoms with Crippen LogP contribution in [0, 0.1) is 11.3 Å². The lowest BCUT2D eigenvalue weighted by Crippen LogP contribution is -2.31. The van der Waals surface area contributed by atoms with Crippen LogP contribution >= 0.6 is 23.1 Å². The van der Waals surface area contributed by atoms with Gasteiger partial charge < -0.3 is 5.73 Å². The molecule has 0 radical (unpaired) electrons. The zero-order valence-electron chi connectivity index (χ0n) is 14.0. The zero-order chi connectivity index (χ0) is 18.3. The van der Waals surface area contributed by atoms with Crippen molar-refractivity contribution in [1.29, 1.82) is 5.26 Å². The van der Waals surface area contributed by atoms with Gasteiger partial charge in [0, 0.05) is 21.9 Å². The summed E-state index contributed by atoms with van der Waals surface area (Å²) in [4.78, 5) is 28.8. The van der Waals surface area contributed by atoms with Crippen molar-refractivity contribution in [2.45, 2.75) is 42.2 Å². The number of hydrogen-bond donors (Lipinski definition) is 1. The summed E-state index contributed by atoms with van der Waals surface area (Å²) in [7, 11) is 0. The molecule has 0 spiro atoms. The predicted octanol–water partition coefficient (Wildman–Crippen LogP) is 3.50. The maximum atomic E-state index is 12.9. The van der Waals surface area contributed by atoms with Gasteiger partial charge in [-0.15, -0.1) is 23.1 Å². The number of aryl methyl sites for hydroxylation is 1. The van der Waals surface area contributed by atoms with E-state index in [0.717, 1.165) is 41.0 Å². The Balaban J connectivity index is 1.64. The quantitative estimate of drug-likeness (QED) is 0.647. The molecule has 4 rings (SSSR count). The fraction of sp³-hybridized carbons (Fsp3) is 0.316. The van der Waals surface area contributed by atoms with Crippen LogP contribution in [0.2, 0.25) is 0 Å². The van der Waals surface area contributed by atoms with Crippen molar-refractivity contribution in [2.75, 3.05) is 10.6 Å². The number of thiophene rings is 1. The highest BCUT2D eigenvalue weighted by molar-refractivity contribution is 8.00. The highest BCUT2D eigenvalue weighted by Gasteiger charge is 2.42. The van der Waals surface area contributed by atoms with Crippen LogP contribution in [0.3, 0.4) is 0 Å². The zero-order valence-corrected chi connectivity index (χ0v) is 15.7. The molecule has 1 fully saturated rings. The number of carbonyl (C=O) groups is 2. The Morgan fingerprint density at radius 3 is 2.85 bits per heavy atom. The van der Waals surface area contributed by atoms with Gasteiger partial charge in [-0.05, 0) is 49.4 Å². The first kappa shape index (κ1) is 17.1. The Kier molecular flexibility index (Phi) is 4.47. The number of benzene rings is 1. The van der Waals surface area contributed by atoms with Gasteiger partial charge in [-0.25, -0.2) is 4.90 Å². The van der Waals surface area contributed by atoms with Gasteiger partial charge in [-0.1, -0.05) is 6.07 Å². The van der Waals surface area contributed by atoms with Crippen molar-refractivity contribution in [1.82, 2.24) is 0 Å². The molecule has 0 saturated carbocycles. The van der Waals surface area contributed by atoms with E-state index in [0.29, 0.717) is 16.3 Å². The summed E-state index contributed by atoms with van der Waals surface area (Å²) < 4.78 is 0. The van der Waals surface area contributed by atoms with E-state index in [1.807, 2.05) is 12.1 Å². The normalized spacial score (nSPS) is 19.5. The molecule has 1 aliphatic heterocycles. The third kappa shape index (κ3) is 2.89. The molecule has 2 N–H and O–H groups in total. The number of fused-ring (bicyclic) bond motifs is 1. The molecule has 2 amide bonds. The minimum atomic E-state index is -0.477. The molecule has 26 heavy (non-hydrogen) atoms. The van der Waals surface area contributed by atoms with Crippen molar-refractivity contribution < 1.29 is 9.59 Å². The van der Waals surface area contributed by atoms with Gasteiger partial charge >= 0.3 is 0 Å². The first-order chi connectivity index (χ1) is 12.6. The molecule has 1 unspecified atom stereocenters. The smallest absolute Gasteiger partial charge is 0.248 e. The van der Waals surface area contributed by atoms with Crippen molar-refractivity contribution in [3.8, 4) is 6.07 Å². The Morgan fingerprint density at radius 2 is 2.08 bits per heavy atom. The predicted molar refractivity (Wildman–Crippen MR) is 103 cm³/mol. The second kappa shape index (κ2) is 6.78. The van der Waals surface area contributed by atoms with Crippen LogP contribution in [-0.2, 0) is 22.4 Å². The molecule has 7 heteroatoms. The van der Waals surface area contributed by atoms with Crippen LogP contribution in [0.5, 0.6) is 0 Å². The molecule has 1 atom stereocenters. The fourth-order valence-corrected chi connectivity index (χ4v) is 5.97. The van der Waals surface area contributed by atoms with Crippen LogP contribution in [-0.4, -0.2) is 17.1 Å². The van der Waals surface area contributed by atoms with Gasteiger partial charge in [-0.2, -0.15) is 5.26 Å². The summed E-state index contributed by atoms with van der Waals surface area (Å²) in [6.45, 7) is 0. The average Bonchev–Trinajstić information content (AvgIpc) is 3.11. The summed E-state index contributed by atoms with van der Waals surface area (Å²) in [6.07, 6.45) is 4.06. The number of rotatable bonds is 3. The summed E-state index contributed by atoms with van der Waals surface area (Å²) in [6, 6.07) is 9.53. The molecule has 1 aromatic carbocycles. The first-order valence-corrected chi connectivity index (χ1v) is 10.2. The van der Waals surface area contributed by atoms with Crippen LogP contribution in [0.25, 0.3) is 0 Å². The molecule has 2 aliphatic rings. The van der Waals surface area contributed by atoms with Crippen LogP contribution in [0.1, 0.15) is 35.3 Å². The van der Waals surface area contributed by atoms with E-state index in [-0.39, 0.29) is 18.2 Å². The van der Waals surface area contributed by atoms with E-state index in [1.54, 1.807) is 12.1 Å². The number of amides is 2. The molecule has 1 saturated heterocycles. The number of nitrogen functional groups attached to an aromatic ring is 1. The monoisotopic (exact) mass is 383 g/mol. The number of thioether (sulfide) groups is 1. The minimum Gasteiger partial charge on any atom is -0.399 e. The van der Waals surface area contributed by atoms with E-state index in [4.69, 9.17) is 5.73 Å². The molecule has 2 heterocycles. The third-order valence-electron chi connectivity index (χ3n) is 4.71. The maximum Gasteiger partial charge on any atom is 0.248 e. The minimum absolute atomic E-state index is 0.145. The number of imide groups is 1. The first-order valence-electron chi connectivity index (χ1n) is 8.52. The summed E-state index contributed by atoms with van der Waals surface area (Å²) in [5, 5.41) is 9.66. The number of nitriles is 1. The molecule has 1 aromatic heterocycles. The lowest BCUT2D eigenvalue weighted by molar-refractivity contribution is -0.121. The molecule has 0 bridgehead atoms. The van der Waals surface area contributed by atoms with Gasteiger partial charge in [-0.3, -0.25) is 9.59 Å². The lowest BCUT2D eigenvalue weighted by Gasteiger charge is -2.13. The van der Waals surface area contributed by atoms with Gasteiger partial charge in [0.25, 0.3) is 0 Å². The average molecular weight is 383 g/mol. The standard InChI is InChI=1S/C19H17N3O2S2/c20-10-14-13-6-1-2-7-15(13)26-19(14)22-17(23)9-16(18(22)24)25-12-5-3-4-11(21)8-12/h3-5,8,16H,1-2,6-7,9,21H2. The highest BCUT2D eigenvalue weighted by atomic mass is 32.2. The van der Waals surface area contributed by atoms with Gasteiger partial charge in [0.15, 0.2) is 0 Å². The Hall–Kier alpha value is -2.30. The van der Waals surface area contributed by atoms with Crippen LogP contribution in [0.4, 0.5) is 10.7 Å². The van der Waals surface area contributed by atoms with Crippen LogP contribution in [0.15, 0.2) is 29.2 Å². The van der Waals surface area contributed by atoms with Crippen molar-refractivity contribution in [3.63, 3.8) is 0 Å².